The maximum absolute atomic E-state index is 12.5. The zero-order valence-electron chi connectivity index (χ0n) is 27.7. The van der Waals surface area contributed by atoms with Crippen LogP contribution in [0.25, 0.3) is 22.1 Å². The number of benzene rings is 4. The third-order valence-corrected chi connectivity index (χ3v) is 7.99. The number of nitrogens with one attached hydrogen (secondary N) is 6. The normalized spacial score (nSPS) is 11.0. The second-order valence-electron chi connectivity index (χ2n) is 11.9. The highest BCUT2D eigenvalue weighted by Gasteiger charge is 2.11. The highest BCUT2D eigenvalue weighted by atomic mass is 16.5. The van der Waals surface area contributed by atoms with Crippen molar-refractivity contribution in [3.8, 4) is 11.5 Å². The largest absolute Gasteiger partial charge is 0.493 e. The molecule has 0 saturated heterocycles. The van der Waals surface area contributed by atoms with Crippen LogP contribution in [-0.2, 0) is 35.5 Å². The SMILES string of the molecule is N=C(N)c1ccc2nc(CC(=O)NCc3ccc(OCCCOc4ccc(CNC(=O)Cc5nc6ccc(C(=N)N)cc6[nH]5)cc4)cc3)[nH]c2c1. The van der Waals surface area contributed by atoms with Gasteiger partial charge in [-0.2, -0.15) is 0 Å². The van der Waals surface area contributed by atoms with E-state index < -0.39 is 0 Å². The van der Waals surface area contributed by atoms with Crippen molar-refractivity contribution >= 4 is 45.6 Å². The lowest BCUT2D eigenvalue weighted by Crippen LogP contribution is -2.24. The molecule has 2 amide bonds. The van der Waals surface area contributed by atoms with Crippen LogP contribution < -0.4 is 31.6 Å². The molecule has 6 aromatic rings. The summed E-state index contributed by atoms with van der Waals surface area (Å²) in [4.78, 5) is 40.1. The summed E-state index contributed by atoms with van der Waals surface area (Å²) in [5, 5.41) is 21.0. The van der Waals surface area contributed by atoms with Crippen molar-refractivity contribution in [3.63, 3.8) is 0 Å². The molecule has 260 valence electrons. The minimum Gasteiger partial charge on any atom is -0.493 e. The fourth-order valence-corrected chi connectivity index (χ4v) is 5.30. The second-order valence-corrected chi connectivity index (χ2v) is 11.9. The molecule has 0 unspecified atom stereocenters. The average Bonchev–Trinajstić information content (AvgIpc) is 3.72. The number of H-pyrrole nitrogens is 2. The number of rotatable bonds is 16. The van der Waals surface area contributed by atoms with Gasteiger partial charge >= 0.3 is 0 Å². The molecule has 2 heterocycles. The number of aromatic nitrogens is 4. The first-order valence-corrected chi connectivity index (χ1v) is 16.3. The Labute approximate surface area is 293 Å². The van der Waals surface area contributed by atoms with E-state index in [0.717, 1.165) is 33.7 Å². The van der Waals surface area contributed by atoms with Gasteiger partial charge in [-0.15, -0.1) is 0 Å². The molecule has 10 N–H and O–H groups in total. The van der Waals surface area contributed by atoms with Gasteiger partial charge in [-0.1, -0.05) is 24.3 Å². The molecule has 0 saturated carbocycles. The van der Waals surface area contributed by atoms with Crippen LogP contribution in [0, 0.1) is 10.8 Å². The number of hydrogen-bond acceptors (Lipinski definition) is 8. The summed E-state index contributed by atoms with van der Waals surface area (Å²) in [5.74, 6) is 2.16. The van der Waals surface area contributed by atoms with Crippen LogP contribution in [0.4, 0.5) is 0 Å². The molecule has 0 fully saturated rings. The first-order chi connectivity index (χ1) is 24.7. The van der Waals surface area contributed by atoms with Gasteiger partial charge in [-0.05, 0) is 71.8 Å². The zero-order chi connectivity index (χ0) is 35.7. The molecule has 0 bridgehead atoms. The van der Waals surface area contributed by atoms with E-state index in [1.807, 2.05) is 48.5 Å². The van der Waals surface area contributed by atoms with Crippen molar-refractivity contribution in [2.75, 3.05) is 13.2 Å². The number of amidine groups is 2. The van der Waals surface area contributed by atoms with Gasteiger partial charge in [0.05, 0.1) is 48.1 Å². The highest BCUT2D eigenvalue weighted by molar-refractivity contribution is 5.98. The smallest absolute Gasteiger partial charge is 0.227 e. The van der Waals surface area contributed by atoms with E-state index >= 15 is 0 Å². The number of carbonyl (C=O) groups is 2. The number of nitrogens with zero attached hydrogens (tertiary/aromatic N) is 2. The van der Waals surface area contributed by atoms with Crippen LogP contribution in [0.1, 0.15) is 40.3 Å². The molecule has 0 radical (unpaired) electrons. The fourth-order valence-electron chi connectivity index (χ4n) is 5.30. The van der Waals surface area contributed by atoms with Gasteiger partial charge in [0.15, 0.2) is 0 Å². The molecular formula is C37H38N10O4. The number of nitrogens with two attached hydrogens (primary N) is 2. The molecule has 14 nitrogen and oxygen atoms in total. The van der Waals surface area contributed by atoms with Gasteiger partial charge in [0, 0.05) is 30.6 Å². The minimum atomic E-state index is -0.162. The number of aromatic amines is 2. The quantitative estimate of drug-likeness (QED) is 0.0425. The van der Waals surface area contributed by atoms with Gasteiger partial charge in [-0.3, -0.25) is 20.4 Å². The summed E-state index contributed by atoms with van der Waals surface area (Å²) in [7, 11) is 0. The average molecular weight is 687 g/mol. The zero-order valence-corrected chi connectivity index (χ0v) is 27.7. The Bertz CT molecular complexity index is 2030. The number of fused-ring (bicyclic) bond motifs is 2. The number of hydrogen-bond donors (Lipinski definition) is 8. The van der Waals surface area contributed by atoms with E-state index in [9.17, 15) is 9.59 Å². The standard InChI is InChI=1S/C37H38N10O4/c38-36(39)24-6-12-28-30(16-24)46-32(44-28)18-34(48)42-20-22-2-8-26(9-3-22)50-14-1-15-51-27-10-4-23(5-11-27)21-43-35(49)19-33-45-29-13-7-25(37(40)41)17-31(29)47-33/h2-13,16-17H,1,14-15,18-21H2,(H3,38,39)(H3,40,41)(H,42,48)(H,43,49)(H,44,46)(H,45,47). The summed E-state index contributed by atoms with van der Waals surface area (Å²) >= 11 is 0. The monoisotopic (exact) mass is 686 g/mol. The van der Waals surface area contributed by atoms with Gasteiger partial charge < -0.3 is 41.5 Å². The number of imidazole rings is 2. The summed E-state index contributed by atoms with van der Waals surface area (Å²) in [5.41, 5.74) is 17.1. The third kappa shape index (κ3) is 9.26. The van der Waals surface area contributed by atoms with E-state index in [0.29, 0.717) is 66.5 Å². The predicted molar refractivity (Wildman–Crippen MR) is 194 cm³/mol. The maximum Gasteiger partial charge on any atom is 0.227 e. The van der Waals surface area contributed by atoms with Gasteiger partial charge in [0.25, 0.3) is 0 Å². The Morgan fingerprint density at radius 1 is 0.627 bits per heavy atom. The first-order valence-electron chi connectivity index (χ1n) is 16.3. The maximum atomic E-state index is 12.5. The molecule has 0 atom stereocenters. The van der Waals surface area contributed by atoms with E-state index in [2.05, 4.69) is 30.6 Å². The Balaban J connectivity index is 0.849. The Kier molecular flexibility index (Phi) is 10.5. The van der Waals surface area contributed by atoms with E-state index in [-0.39, 0.29) is 36.3 Å². The summed E-state index contributed by atoms with van der Waals surface area (Å²) < 4.78 is 11.7. The molecule has 14 heteroatoms. The minimum absolute atomic E-state index is 0.0259. The number of amides is 2. The number of ether oxygens (including phenoxy) is 2. The first kappa shape index (κ1) is 34.2. The number of nitrogen functional groups attached to an aromatic ring is 2. The van der Waals surface area contributed by atoms with Crippen LogP contribution in [0.15, 0.2) is 84.9 Å². The molecule has 51 heavy (non-hydrogen) atoms. The van der Waals surface area contributed by atoms with Gasteiger partial charge in [0.1, 0.15) is 34.8 Å². The van der Waals surface area contributed by atoms with Crippen molar-refractivity contribution in [1.29, 1.82) is 10.8 Å². The molecular weight excluding hydrogens is 648 g/mol. The Morgan fingerprint density at radius 2 is 1.04 bits per heavy atom. The van der Waals surface area contributed by atoms with E-state index in [4.69, 9.17) is 31.8 Å². The molecule has 6 rings (SSSR count). The van der Waals surface area contributed by atoms with Crippen molar-refractivity contribution in [1.82, 2.24) is 30.6 Å². The molecule has 0 aliphatic rings. The molecule has 4 aromatic carbocycles. The molecule has 0 aliphatic heterocycles. The van der Waals surface area contributed by atoms with Crippen LogP contribution in [0.3, 0.4) is 0 Å². The summed E-state index contributed by atoms with van der Waals surface area (Å²) in [6.45, 7) is 1.71. The summed E-state index contributed by atoms with van der Waals surface area (Å²) in [6.07, 6.45) is 0.895. The van der Waals surface area contributed by atoms with Gasteiger partial charge in [0.2, 0.25) is 11.8 Å². The third-order valence-electron chi connectivity index (χ3n) is 7.99. The van der Waals surface area contributed by atoms with Crippen LogP contribution in [0.5, 0.6) is 11.5 Å². The predicted octanol–water partition coefficient (Wildman–Crippen LogP) is 3.57. The lowest BCUT2D eigenvalue weighted by molar-refractivity contribution is -0.121. The Morgan fingerprint density at radius 3 is 1.43 bits per heavy atom. The Hall–Kier alpha value is -6.70. The van der Waals surface area contributed by atoms with E-state index in [1.165, 1.54) is 0 Å². The molecule has 2 aromatic heterocycles. The van der Waals surface area contributed by atoms with Crippen LogP contribution >= 0.6 is 0 Å². The lowest BCUT2D eigenvalue weighted by atomic mass is 10.2. The van der Waals surface area contributed by atoms with Crippen LogP contribution in [0.2, 0.25) is 0 Å². The van der Waals surface area contributed by atoms with Crippen LogP contribution in [-0.4, -0.2) is 56.6 Å². The summed E-state index contributed by atoms with van der Waals surface area (Å²) in [6, 6.07) is 25.6. The van der Waals surface area contributed by atoms with Crippen molar-refractivity contribution in [3.05, 3.63) is 119 Å². The fraction of sp³-hybridized carbons (Fsp3) is 0.189. The second kappa shape index (κ2) is 15.7. The number of carbonyl (C=O) groups excluding carboxylic acids is 2. The molecule has 0 spiro atoms. The highest BCUT2D eigenvalue weighted by Crippen LogP contribution is 2.17. The molecule has 0 aliphatic carbocycles. The van der Waals surface area contributed by atoms with Crippen molar-refractivity contribution in [2.24, 2.45) is 11.5 Å². The van der Waals surface area contributed by atoms with E-state index in [1.54, 1.807) is 36.4 Å². The van der Waals surface area contributed by atoms with Gasteiger partial charge in [-0.25, -0.2) is 9.97 Å². The van der Waals surface area contributed by atoms with Crippen molar-refractivity contribution < 1.29 is 19.1 Å². The van der Waals surface area contributed by atoms with Crippen molar-refractivity contribution in [2.45, 2.75) is 32.4 Å². The lowest BCUT2D eigenvalue weighted by Gasteiger charge is -2.10. The topological polar surface area (TPSA) is 234 Å².